The summed E-state index contributed by atoms with van der Waals surface area (Å²) in [5.74, 6) is 1.03. The van der Waals surface area contributed by atoms with Gasteiger partial charge in [-0.2, -0.15) is 0 Å². The van der Waals surface area contributed by atoms with E-state index in [9.17, 15) is 13.2 Å². The van der Waals surface area contributed by atoms with Crippen LogP contribution in [0, 0.1) is 12.3 Å². The molecule has 0 saturated carbocycles. The smallest absolute Gasteiger partial charge is 0.262 e. The van der Waals surface area contributed by atoms with Gasteiger partial charge in [0.25, 0.3) is 10.0 Å². The number of nitrogens with zero attached hydrogens (tertiary/aromatic N) is 1. The highest BCUT2D eigenvalue weighted by atomic mass is 32.2. The van der Waals surface area contributed by atoms with Crippen LogP contribution in [0.15, 0.2) is 41.3 Å². The predicted octanol–water partition coefficient (Wildman–Crippen LogP) is 3.58. The third-order valence-corrected chi connectivity index (χ3v) is 6.44. The monoisotopic (exact) mass is 418 g/mol. The van der Waals surface area contributed by atoms with Gasteiger partial charge in [-0.05, 0) is 63.6 Å². The number of amides is 1. The molecule has 0 bridgehead atoms. The molecule has 156 valence electrons. The molecule has 0 atom stereocenters. The van der Waals surface area contributed by atoms with E-state index < -0.39 is 15.4 Å². The lowest BCUT2D eigenvalue weighted by Gasteiger charge is -2.26. The summed E-state index contributed by atoms with van der Waals surface area (Å²) in [5, 5.41) is 0. The molecule has 0 aliphatic carbocycles. The van der Waals surface area contributed by atoms with E-state index in [1.807, 2.05) is 20.8 Å². The van der Waals surface area contributed by atoms with Crippen LogP contribution in [-0.4, -0.2) is 34.6 Å². The Balaban J connectivity index is 1.95. The van der Waals surface area contributed by atoms with Gasteiger partial charge in [0, 0.05) is 12.6 Å². The zero-order valence-electron chi connectivity index (χ0n) is 17.3. The van der Waals surface area contributed by atoms with Gasteiger partial charge in [0.1, 0.15) is 18.1 Å². The minimum atomic E-state index is -3.80. The molecule has 2 aromatic carbocycles. The molecule has 29 heavy (non-hydrogen) atoms. The minimum absolute atomic E-state index is 0.0269. The number of anilines is 2. The summed E-state index contributed by atoms with van der Waals surface area (Å²) in [4.78, 5) is 14.6. The Morgan fingerprint density at radius 1 is 1.21 bits per heavy atom. The first kappa shape index (κ1) is 21.0. The Labute approximate surface area is 171 Å². The maximum absolute atomic E-state index is 12.9. The number of ether oxygens (including phenoxy) is 2. The number of rotatable bonds is 5. The van der Waals surface area contributed by atoms with Crippen LogP contribution in [0.5, 0.6) is 11.5 Å². The molecule has 1 aliphatic heterocycles. The second-order valence-corrected chi connectivity index (χ2v) is 9.29. The topological polar surface area (TPSA) is 84.9 Å². The zero-order chi connectivity index (χ0) is 21.4. The van der Waals surface area contributed by atoms with Crippen LogP contribution >= 0.6 is 0 Å². The molecule has 8 heteroatoms. The molecule has 1 heterocycles. The summed E-state index contributed by atoms with van der Waals surface area (Å²) in [7, 11) is -2.27. The van der Waals surface area contributed by atoms with Gasteiger partial charge in [0.15, 0.2) is 0 Å². The number of aryl methyl sites for hydroxylation is 1. The number of hydrogen-bond acceptors (Lipinski definition) is 5. The summed E-state index contributed by atoms with van der Waals surface area (Å²) >= 11 is 0. The Kier molecular flexibility index (Phi) is 5.49. The summed E-state index contributed by atoms with van der Waals surface area (Å²) in [6.45, 7) is 7.98. The molecule has 1 amide bonds. The number of methoxy groups -OCH3 is 1. The molecule has 2 aromatic rings. The lowest BCUT2D eigenvalue weighted by Crippen LogP contribution is -2.42. The SMILES string of the molecule is CCN1C(=O)C(C)(C)COc2cc(NS(=O)(=O)c3ccc(OC)cc3C)ccc21. The molecule has 0 unspecified atom stereocenters. The van der Waals surface area contributed by atoms with Crippen LogP contribution in [0.4, 0.5) is 11.4 Å². The van der Waals surface area contributed by atoms with E-state index in [-0.39, 0.29) is 17.4 Å². The molecule has 1 N–H and O–H groups in total. The third-order valence-electron chi connectivity index (χ3n) is 4.90. The standard InChI is InChI=1S/C21H26N2O5S/c1-6-23-17-9-7-15(12-18(17)28-13-21(3,4)20(23)24)22-29(25,26)19-10-8-16(27-5)11-14(19)2/h7-12,22H,6,13H2,1-5H3. The van der Waals surface area contributed by atoms with Gasteiger partial charge < -0.3 is 14.4 Å². The van der Waals surface area contributed by atoms with Crippen molar-refractivity contribution in [3.05, 3.63) is 42.0 Å². The maximum Gasteiger partial charge on any atom is 0.262 e. The Hall–Kier alpha value is -2.74. The molecule has 0 aromatic heterocycles. The van der Waals surface area contributed by atoms with Gasteiger partial charge in [-0.25, -0.2) is 8.42 Å². The lowest BCUT2D eigenvalue weighted by atomic mass is 9.93. The quantitative estimate of drug-likeness (QED) is 0.802. The molecule has 1 aliphatic rings. The number of nitrogens with one attached hydrogen (secondary N) is 1. The van der Waals surface area contributed by atoms with Crippen LogP contribution in [0.1, 0.15) is 26.3 Å². The van der Waals surface area contributed by atoms with Crippen LogP contribution in [-0.2, 0) is 14.8 Å². The van der Waals surface area contributed by atoms with Crippen LogP contribution < -0.4 is 19.1 Å². The van der Waals surface area contributed by atoms with Gasteiger partial charge in [-0.1, -0.05) is 0 Å². The number of fused-ring (bicyclic) bond motifs is 1. The molecular weight excluding hydrogens is 392 g/mol. The van der Waals surface area contributed by atoms with Gasteiger partial charge in [0.05, 0.1) is 28.8 Å². The first-order valence-corrected chi connectivity index (χ1v) is 10.8. The largest absolute Gasteiger partial charge is 0.497 e. The summed E-state index contributed by atoms with van der Waals surface area (Å²) < 4.78 is 39.4. The predicted molar refractivity (Wildman–Crippen MR) is 112 cm³/mol. The van der Waals surface area contributed by atoms with E-state index in [1.54, 1.807) is 42.2 Å². The minimum Gasteiger partial charge on any atom is -0.497 e. The molecule has 3 rings (SSSR count). The van der Waals surface area contributed by atoms with Gasteiger partial charge in [-0.15, -0.1) is 0 Å². The maximum atomic E-state index is 12.9. The van der Waals surface area contributed by atoms with Crippen LogP contribution in [0.25, 0.3) is 0 Å². The highest BCUT2D eigenvalue weighted by molar-refractivity contribution is 7.92. The van der Waals surface area contributed by atoms with Crippen molar-refractivity contribution in [2.45, 2.75) is 32.6 Å². The van der Waals surface area contributed by atoms with Crippen LogP contribution in [0.2, 0.25) is 0 Å². The number of hydrogen-bond donors (Lipinski definition) is 1. The van der Waals surface area contributed by atoms with Crippen molar-refractivity contribution in [2.24, 2.45) is 5.41 Å². The van der Waals surface area contributed by atoms with Crippen molar-refractivity contribution in [2.75, 3.05) is 29.9 Å². The first-order valence-electron chi connectivity index (χ1n) is 9.35. The van der Waals surface area contributed by atoms with E-state index in [1.165, 1.54) is 13.2 Å². The van der Waals surface area contributed by atoms with E-state index in [0.29, 0.717) is 35.0 Å². The Morgan fingerprint density at radius 3 is 2.55 bits per heavy atom. The first-order chi connectivity index (χ1) is 13.6. The molecule has 0 fully saturated rings. The summed E-state index contributed by atoms with van der Waals surface area (Å²) in [5.41, 5.74) is 0.899. The third kappa shape index (κ3) is 4.03. The summed E-state index contributed by atoms with van der Waals surface area (Å²) in [6.07, 6.45) is 0. The fraction of sp³-hybridized carbons (Fsp3) is 0.381. The molecule has 7 nitrogen and oxygen atoms in total. The molecular formula is C21H26N2O5S. The fourth-order valence-corrected chi connectivity index (χ4v) is 4.56. The van der Waals surface area contributed by atoms with Crippen molar-refractivity contribution < 1.29 is 22.7 Å². The highest BCUT2D eigenvalue weighted by Crippen LogP contribution is 2.38. The van der Waals surface area contributed by atoms with Crippen LogP contribution in [0.3, 0.4) is 0 Å². The average molecular weight is 419 g/mol. The fourth-order valence-electron chi connectivity index (χ4n) is 3.29. The average Bonchev–Trinajstić information content (AvgIpc) is 2.75. The van der Waals surface area contributed by atoms with Gasteiger partial charge in [0.2, 0.25) is 5.91 Å². The lowest BCUT2D eigenvalue weighted by molar-refractivity contribution is -0.127. The molecule has 0 spiro atoms. The van der Waals surface area contributed by atoms with E-state index in [2.05, 4.69) is 4.72 Å². The Morgan fingerprint density at radius 2 is 1.93 bits per heavy atom. The van der Waals surface area contributed by atoms with E-state index in [0.717, 1.165) is 0 Å². The Bertz CT molecular complexity index is 1050. The van der Waals surface area contributed by atoms with Gasteiger partial charge in [-0.3, -0.25) is 9.52 Å². The number of sulfonamides is 1. The van der Waals surface area contributed by atoms with E-state index >= 15 is 0 Å². The normalized spacial score (nSPS) is 15.9. The number of carbonyl (C=O) groups is 1. The second-order valence-electron chi connectivity index (χ2n) is 7.64. The zero-order valence-corrected chi connectivity index (χ0v) is 18.1. The second kappa shape index (κ2) is 7.59. The van der Waals surface area contributed by atoms with Crippen molar-refractivity contribution in [3.63, 3.8) is 0 Å². The van der Waals surface area contributed by atoms with Crippen molar-refractivity contribution in [3.8, 4) is 11.5 Å². The van der Waals surface area contributed by atoms with Crippen molar-refractivity contribution in [1.29, 1.82) is 0 Å². The van der Waals surface area contributed by atoms with Crippen molar-refractivity contribution >= 4 is 27.3 Å². The molecule has 0 radical (unpaired) electrons. The van der Waals surface area contributed by atoms with Crippen molar-refractivity contribution in [1.82, 2.24) is 0 Å². The molecule has 0 saturated heterocycles. The highest BCUT2D eigenvalue weighted by Gasteiger charge is 2.37. The van der Waals surface area contributed by atoms with Gasteiger partial charge >= 0.3 is 0 Å². The van der Waals surface area contributed by atoms with E-state index in [4.69, 9.17) is 9.47 Å². The number of benzene rings is 2. The summed E-state index contributed by atoms with van der Waals surface area (Å²) in [6, 6.07) is 9.74. The number of carbonyl (C=O) groups excluding carboxylic acids is 1.